The molecule has 0 saturated carbocycles. The second-order valence-corrected chi connectivity index (χ2v) is 2.81. The van der Waals surface area contributed by atoms with E-state index in [1.165, 1.54) is 0 Å². The van der Waals surface area contributed by atoms with Gasteiger partial charge in [0.1, 0.15) is 6.04 Å². The number of anilines is 1. The molecule has 8 heteroatoms. The molecule has 0 bridgehead atoms. The SMILES string of the molecule is CC[C@H](NC(=O)c1nc(N)n[nH]1)C(=O)O. The highest BCUT2D eigenvalue weighted by Crippen LogP contribution is 1.96. The Kier molecular flexibility index (Phi) is 3.21. The summed E-state index contributed by atoms with van der Waals surface area (Å²) in [5, 5.41) is 16.7. The third-order valence-corrected chi connectivity index (χ3v) is 1.73. The number of hydrogen-bond donors (Lipinski definition) is 4. The lowest BCUT2D eigenvalue weighted by Crippen LogP contribution is -2.40. The Bertz CT molecular complexity index is 374. The fourth-order valence-electron chi connectivity index (χ4n) is 0.941. The Morgan fingerprint density at radius 3 is 2.73 bits per heavy atom. The van der Waals surface area contributed by atoms with E-state index in [2.05, 4.69) is 20.5 Å². The van der Waals surface area contributed by atoms with E-state index in [-0.39, 0.29) is 18.2 Å². The molecule has 0 radical (unpaired) electrons. The second-order valence-electron chi connectivity index (χ2n) is 2.81. The van der Waals surface area contributed by atoms with Gasteiger partial charge in [0.25, 0.3) is 5.91 Å². The fourth-order valence-corrected chi connectivity index (χ4v) is 0.941. The topological polar surface area (TPSA) is 134 Å². The van der Waals surface area contributed by atoms with E-state index < -0.39 is 17.9 Å². The number of aliphatic carboxylic acids is 1. The first-order valence-corrected chi connectivity index (χ1v) is 4.26. The molecule has 0 saturated heterocycles. The van der Waals surface area contributed by atoms with Crippen molar-refractivity contribution in [2.45, 2.75) is 19.4 Å². The van der Waals surface area contributed by atoms with Gasteiger partial charge in [0.15, 0.2) is 0 Å². The third-order valence-electron chi connectivity index (χ3n) is 1.73. The van der Waals surface area contributed by atoms with Crippen LogP contribution in [0.1, 0.15) is 24.0 Å². The molecule has 1 rings (SSSR count). The van der Waals surface area contributed by atoms with Crippen molar-refractivity contribution in [2.24, 2.45) is 0 Å². The normalized spacial score (nSPS) is 12.1. The van der Waals surface area contributed by atoms with Gasteiger partial charge in [-0.25, -0.2) is 4.79 Å². The highest BCUT2D eigenvalue weighted by atomic mass is 16.4. The van der Waals surface area contributed by atoms with Gasteiger partial charge in [0.05, 0.1) is 0 Å². The van der Waals surface area contributed by atoms with E-state index in [1.54, 1.807) is 6.92 Å². The number of nitrogens with one attached hydrogen (secondary N) is 2. The van der Waals surface area contributed by atoms with Crippen LogP contribution < -0.4 is 11.1 Å². The van der Waals surface area contributed by atoms with Crippen molar-refractivity contribution in [3.05, 3.63) is 5.82 Å². The van der Waals surface area contributed by atoms with Crippen LogP contribution in [-0.2, 0) is 4.79 Å². The molecule has 1 aromatic rings. The van der Waals surface area contributed by atoms with Crippen LogP contribution in [0.5, 0.6) is 0 Å². The number of nitrogen functional groups attached to an aromatic ring is 1. The number of hydrogen-bond acceptors (Lipinski definition) is 5. The quantitative estimate of drug-likeness (QED) is 0.505. The van der Waals surface area contributed by atoms with E-state index >= 15 is 0 Å². The summed E-state index contributed by atoms with van der Waals surface area (Å²) >= 11 is 0. The van der Waals surface area contributed by atoms with Gasteiger partial charge in [-0.15, -0.1) is 5.10 Å². The highest BCUT2D eigenvalue weighted by Gasteiger charge is 2.20. The van der Waals surface area contributed by atoms with Crippen molar-refractivity contribution in [1.29, 1.82) is 0 Å². The zero-order valence-corrected chi connectivity index (χ0v) is 8.02. The standard InChI is InChI=1S/C7H11N5O3/c1-2-3(6(14)15)9-5(13)4-10-7(8)12-11-4/h3H,2H2,1H3,(H,9,13)(H,14,15)(H3,8,10,11,12)/t3-/m0/s1. The van der Waals surface area contributed by atoms with Gasteiger partial charge in [-0.3, -0.25) is 9.89 Å². The molecule has 0 aliphatic carbocycles. The van der Waals surface area contributed by atoms with E-state index in [4.69, 9.17) is 10.8 Å². The summed E-state index contributed by atoms with van der Waals surface area (Å²) in [7, 11) is 0. The van der Waals surface area contributed by atoms with Crippen LogP contribution in [0.4, 0.5) is 5.95 Å². The predicted octanol–water partition coefficient (Wildman–Crippen LogP) is -1.02. The molecule has 0 fully saturated rings. The Hall–Kier alpha value is -2.12. The van der Waals surface area contributed by atoms with Crippen molar-refractivity contribution >= 4 is 17.8 Å². The van der Waals surface area contributed by atoms with E-state index in [1.807, 2.05) is 0 Å². The molecule has 0 aromatic carbocycles. The number of carbonyl (C=O) groups excluding carboxylic acids is 1. The Balaban J connectivity index is 2.66. The molecule has 15 heavy (non-hydrogen) atoms. The third kappa shape index (κ3) is 2.66. The van der Waals surface area contributed by atoms with Gasteiger partial charge in [-0.2, -0.15) is 4.98 Å². The lowest BCUT2D eigenvalue weighted by atomic mass is 10.2. The molecule has 0 spiro atoms. The molecule has 0 aliphatic heterocycles. The number of nitrogens with two attached hydrogens (primary N) is 1. The summed E-state index contributed by atoms with van der Waals surface area (Å²) < 4.78 is 0. The number of aromatic amines is 1. The molecule has 1 aromatic heterocycles. The van der Waals surface area contributed by atoms with Gasteiger partial charge in [0, 0.05) is 0 Å². The van der Waals surface area contributed by atoms with E-state index in [0.29, 0.717) is 0 Å². The number of carboxylic acid groups (broad SMARTS) is 1. The maximum atomic E-state index is 11.4. The van der Waals surface area contributed by atoms with Crippen LogP contribution in [-0.4, -0.2) is 38.2 Å². The molecule has 1 atom stereocenters. The maximum absolute atomic E-state index is 11.4. The average molecular weight is 213 g/mol. The Morgan fingerprint density at radius 1 is 1.67 bits per heavy atom. The van der Waals surface area contributed by atoms with Crippen LogP contribution in [0.3, 0.4) is 0 Å². The number of carbonyl (C=O) groups is 2. The minimum absolute atomic E-state index is 0.0662. The van der Waals surface area contributed by atoms with Gasteiger partial charge >= 0.3 is 5.97 Å². The highest BCUT2D eigenvalue weighted by molar-refractivity contribution is 5.93. The summed E-state index contributed by atoms with van der Waals surface area (Å²) in [4.78, 5) is 25.5. The second kappa shape index (κ2) is 4.40. The fraction of sp³-hybridized carbons (Fsp3) is 0.429. The number of amides is 1. The molecule has 1 heterocycles. The van der Waals surface area contributed by atoms with Crippen LogP contribution in [0, 0.1) is 0 Å². The van der Waals surface area contributed by atoms with E-state index in [0.717, 1.165) is 0 Å². The number of rotatable bonds is 4. The molecule has 5 N–H and O–H groups in total. The van der Waals surface area contributed by atoms with Gasteiger partial charge < -0.3 is 16.2 Å². The van der Waals surface area contributed by atoms with Crippen LogP contribution in [0.2, 0.25) is 0 Å². The summed E-state index contributed by atoms with van der Waals surface area (Å²) in [6.45, 7) is 1.65. The zero-order chi connectivity index (χ0) is 11.4. The van der Waals surface area contributed by atoms with Gasteiger partial charge in [-0.1, -0.05) is 6.92 Å². The van der Waals surface area contributed by atoms with Crippen LogP contribution >= 0.6 is 0 Å². The monoisotopic (exact) mass is 213 g/mol. The first-order valence-electron chi connectivity index (χ1n) is 4.26. The zero-order valence-electron chi connectivity index (χ0n) is 8.02. The Morgan fingerprint density at radius 2 is 2.33 bits per heavy atom. The maximum Gasteiger partial charge on any atom is 0.326 e. The minimum atomic E-state index is -1.10. The summed E-state index contributed by atoms with van der Waals surface area (Å²) in [6, 6.07) is -0.941. The van der Waals surface area contributed by atoms with Gasteiger partial charge in [-0.05, 0) is 6.42 Å². The van der Waals surface area contributed by atoms with Crippen molar-refractivity contribution in [3.8, 4) is 0 Å². The Labute approximate surface area is 84.9 Å². The molecule has 1 amide bonds. The molecule has 8 nitrogen and oxygen atoms in total. The molecule has 0 unspecified atom stereocenters. The minimum Gasteiger partial charge on any atom is -0.480 e. The van der Waals surface area contributed by atoms with Crippen molar-refractivity contribution in [2.75, 3.05) is 5.73 Å². The summed E-state index contributed by atoms with van der Waals surface area (Å²) in [5.74, 6) is -1.91. The summed E-state index contributed by atoms with van der Waals surface area (Å²) in [6.07, 6.45) is 0.282. The molecule has 0 aliphatic rings. The number of carboxylic acids is 1. The van der Waals surface area contributed by atoms with Crippen molar-refractivity contribution in [1.82, 2.24) is 20.5 Å². The molecular formula is C7H11N5O3. The number of aromatic nitrogens is 3. The first kappa shape index (κ1) is 11.0. The summed E-state index contributed by atoms with van der Waals surface area (Å²) in [5.41, 5.74) is 5.19. The smallest absolute Gasteiger partial charge is 0.326 e. The lowest BCUT2D eigenvalue weighted by Gasteiger charge is -2.10. The number of nitrogens with zero attached hydrogens (tertiary/aromatic N) is 2. The van der Waals surface area contributed by atoms with Crippen LogP contribution in [0.25, 0.3) is 0 Å². The number of H-pyrrole nitrogens is 1. The van der Waals surface area contributed by atoms with Crippen molar-refractivity contribution in [3.63, 3.8) is 0 Å². The van der Waals surface area contributed by atoms with Crippen LogP contribution in [0.15, 0.2) is 0 Å². The molecule has 82 valence electrons. The first-order chi connectivity index (χ1) is 7.04. The predicted molar refractivity (Wildman–Crippen MR) is 50.0 cm³/mol. The lowest BCUT2D eigenvalue weighted by molar-refractivity contribution is -0.139. The van der Waals surface area contributed by atoms with Gasteiger partial charge in [0.2, 0.25) is 11.8 Å². The largest absolute Gasteiger partial charge is 0.480 e. The average Bonchev–Trinajstić information content (AvgIpc) is 2.60. The van der Waals surface area contributed by atoms with Crippen molar-refractivity contribution < 1.29 is 14.7 Å². The van der Waals surface area contributed by atoms with E-state index in [9.17, 15) is 9.59 Å². The molecular weight excluding hydrogens is 202 g/mol.